The number of aromatic nitrogens is 6. The van der Waals surface area contributed by atoms with Crippen LogP contribution in [0.1, 0.15) is 0 Å². The number of hydrogen-bond donors (Lipinski definition) is 0. The molecule has 0 aliphatic carbocycles. The van der Waals surface area contributed by atoms with Crippen LogP contribution in [0.15, 0.2) is 182 Å². The summed E-state index contributed by atoms with van der Waals surface area (Å²) in [6, 6.07) is 63.9. The third kappa shape index (κ3) is 5.03. The van der Waals surface area contributed by atoms with Gasteiger partial charge in [0.2, 0.25) is 8.07 Å². The lowest BCUT2D eigenvalue weighted by molar-refractivity contribution is 1.07. The molecule has 0 radical (unpaired) electrons. The van der Waals surface area contributed by atoms with E-state index in [0.717, 1.165) is 49.3 Å². The molecule has 0 saturated carbocycles. The molecule has 11 rings (SSSR count). The molecule has 258 valence electrons. The summed E-state index contributed by atoms with van der Waals surface area (Å²) in [5, 5.41) is 4.75. The van der Waals surface area contributed by atoms with Crippen LogP contribution in [0.3, 0.4) is 0 Å². The molecule has 4 heterocycles. The molecule has 0 fully saturated rings. The predicted molar refractivity (Wildman–Crippen MR) is 227 cm³/mol. The summed E-state index contributed by atoms with van der Waals surface area (Å²) in [4.78, 5) is 25.8. The summed E-state index contributed by atoms with van der Waals surface area (Å²) in [7, 11) is -3.07. The van der Waals surface area contributed by atoms with Crippen molar-refractivity contribution >= 4 is 61.7 Å². The fourth-order valence-corrected chi connectivity index (χ4v) is 14.0. The summed E-state index contributed by atoms with van der Waals surface area (Å²) in [6.45, 7) is 0. The second-order valence-corrected chi connectivity index (χ2v) is 18.4. The van der Waals surface area contributed by atoms with Crippen molar-refractivity contribution in [2.45, 2.75) is 0 Å². The normalized spacial score (nSPS) is 14.6. The smallest absolute Gasteiger partial charge is 0.226 e. The molecule has 0 amide bonds. The van der Waals surface area contributed by atoms with Gasteiger partial charge in [-0.15, -0.1) is 11.3 Å². The van der Waals surface area contributed by atoms with E-state index in [-0.39, 0.29) is 0 Å². The average molecular weight is 739 g/mol. The SMILES string of the molecule is c1ccc(-c2nc(-c3ccccc3)nc(-c3cccc([Si]4(c5cccc(-c6nc7ccccc7s6)c5)c5ccccc5-n5c4nc4ccccc45)c3)n2)cc1. The first-order valence-corrected chi connectivity index (χ1v) is 21.1. The summed E-state index contributed by atoms with van der Waals surface area (Å²) in [5.41, 5.74) is 9.27. The van der Waals surface area contributed by atoms with E-state index in [1.165, 1.54) is 25.9 Å². The molecule has 1 aliphatic rings. The van der Waals surface area contributed by atoms with Gasteiger partial charge in [-0.05, 0) is 45.9 Å². The van der Waals surface area contributed by atoms with Gasteiger partial charge in [0.25, 0.3) is 0 Å². The highest BCUT2D eigenvalue weighted by molar-refractivity contribution is 7.22. The Hall–Kier alpha value is -6.87. The van der Waals surface area contributed by atoms with Crippen molar-refractivity contribution in [3.8, 4) is 50.4 Å². The van der Waals surface area contributed by atoms with Crippen LogP contribution in [-0.2, 0) is 0 Å². The Kier molecular flexibility index (Phi) is 7.26. The van der Waals surface area contributed by atoms with Crippen molar-refractivity contribution in [3.63, 3.8) is 0 Å². The number of thiazole rings is 1. The summed E-state index contributed by atoms with van der Waals surface area (Å²) >= 11 is 1.73. The van der Waals surface area contributed by atoms with E-state index < -0.39 is 8.07 Å². The molecule has 55 heavy (non-hydrogen) atoms. The zero-order chi connectivity index (χ0) is 36.3. The van der Waals surface area contributed by atoms with Crippen LogP contribution < -0.4 is 21.0 Å². The van der Waals surface area contributed by atoms with Gasteiger partial charge in [0.15, 0.2) is 17.5 Å². The third-order valence-electron chi connectivity index (χ3n) is 10.5. The van der Waals surface area contributed by atoms with Crippen molar-refractivity contribution in [3.05, 3.63) is 182 Å². The maximum absolute atomic E-state index is 5.53. The van der Waals surface area contributed by atoms with Crippen LogP contribution in [0.2, 0.25) is 0 Å². The van der Waals surface area contributed by atoms with Crippen LogP contribution in [0.4, 0.5) is 0 Å². The molecule has 1 aliphatic heterocycles. The zero-order valence-corrected chi connectivity index (χ0v) is 31.2. The highest BCUT2D eigenvalue weighted by atomic mass is 32.1. The van der Waals surface area contributed by atoms with E-state index in [2.05, 4.69) is 126 Å². The van der Waals surface area contributed by atoms with E-state index >= 15 is 0 Å². The summed E-state index contributed by atoms with van der Waals surface area (Å²) < 4.78 is 3.58. The standard InChI is InChI=1S/C47H30N6SSi/c1-3-15-31(16-4-1)43-50-44(32-17-5-2-6-18-32)52-45(51-43)33-19-13-21-35(29-33)55(36-22-14-20-34(30-36)46-48-38-24-8-11-27-41(38)54-46)42-28-12-10-26-40(42)53-39-25-9-7-23-37(39)49-47(53)55/h1-30H. The molecule has 1 unspecified atom stereocenters. The molecule has 0 saturated heterocycles. The predicted octanol–water partition coefficient (Wildman–Crippen LogP) is 8.18. The first-order chi connectivity index (χ1) is 27.2. The number of fused-ring (bicyclic) bond motifs is 6. The Morgan fingerprint density at radius 3 is 1.67 bits per heavy atom. The number of rotatable bonds is 6. The number of nitrogens with zero attached hydrogens (tertiary/aromatic N) is 6. The molecule has 0 spiro atoms. The molecule has 10 aromatic rings. The van der Waals surface area contributed by atoms with Crippen LogP contribution in [0.25, 0.3) is 71.7 Å². The van der Waals surface area contributed by atoms with Gasteiger partial charge in [0.1, 0.15) is 10.5 Å². The molecule has 7 aromatic carbocycles. The molecular formula is C47H30N6SSi. The number of para-hydroxylation sites is 4. The van der Waals surface area contributed by atoms with Gasteiger partial charge in [-0.25, -0.2) is 24.9 Å². The van der Waals surface area contributed by atoms with Crippen LogP contribution in [-0.4, -0.2) is 37.6 Å². The van der Waals surface area contributed by atoms with E-state index in [4.69, 9.17) is 24.9 Å². The molecular weight excluding hydrogens is 709 g/mol. The first-order valence-electron chi connectivity index (χ1n) is 18.3. The molecule has 8 heteroatoms. The topological polar surface area (TPSA) is 69.4 Å². The van der Waals surface area contributed by atoms with Crippen LogP contribution in [0.5, 0.6) is 0 Å². The first kappa shape index (κ1) is 31.6. The monoisotopic (exact) mass is 738 g/mol. The Balaban J connectivity index is 1.18. The van der Waals surface area contributed by atoms with Gasteiger partial charge < -0.3 is 0 Å². The molecule has 3 aromatic heterocycles. The quantitative estimate of drug-likeness (QED) is 0.161. The number of imidazole rings is 1. The highest BCUT2D eigenvalue weighted by Gasteiger charge is 2.52. The minimum atomic E-state index is -3.07. The van der Waals surface area contributed by atoms with E-state index in [1.807, 2.05) is 60.7 Å². The van der Waals surface area contributed by atoms with Crippen LogP contribution in [0, 0.1) is 0 Å². The van der Waals surface area contributed by atoms with Crippen molar-refractivity contribution in [1.82, 2.24) is 29.5 Å². The van der Waals surface area contributed by atoms with Crippen molar-refractivity contribution in [1.29, 1.82) is 0 Å². The summed E-state index contributed by atoms with van der Waals surface area (Å²) in [6.07, 6.45) is 0. The van der Waals surface area contributed by atoms with Crippen molar-refractivity contribution < 1.29 is 0 Å². The molecule has 1 atom stereocenters. The van der Waals surface area contributed by atoms with Crippen LogP contribution >= 0.6 is 11.3 Å². The Bertz CT molecular complexity index is 2980. The Labute approximate surface area is 322 Å². The lowest BCUT2D eigenvalue weighted by atomic mass is 10.1. The fraction of sp³-hybridized carbons (Fsp3) is 0. The second-order valence-electron chi connectivity index (χ2n) is 13.7. The summed E-state index contributed by atoms with van der Waals surface area (Å²) in [5.74, 6) is 1.90. The van der Waals surface area contributed by atoms with Crippen molar-refractivity contribution in [2.24, 2.45) is 0 Å². The van der Waals surface area contributed by atoms with E-state index in [9.17, 15) is 0 Å². The number of benzene rings is 7. The second kappa shape index (κ2) is 12.6. The van der Waals surface area contributed by atoms with Gasteiger partial charge in [-0.2, -0.15) is 0 Å². The van der Waals surface area contributed by atoms with Gasteiger partial charge >= 0.3 is 0 Å². The van der Waals surface area contributed by atoms with Gasteiger partial charge in [-0.3, -0.25) is 4.57 Å². The minimum Gasteiger partial charge on any atom is -0.299 e. The van der Waals surface area contributed by atoms with E-state index in [0.29, 0.717) is 17.5 Å². The zero-order valence-electron chi connectivity index (χ0n) is 29.4. The van der Waals surface area contributed by atoms with Gasteiger partial charge in [0, 0.05) is 27.9 Å². The molecule has 0 bridgehead atoms. The molecule has 6 nitrogen and oxygen atoms in total. The molecule has 0 N–H and O–H groups in total. The average Bonchev–Trinajstić information content (AvgIpc) is 3.95. The Morgan fingerprint density at radius 1 is 0.418 bits per heavy atom. The fourth-order valence-electron chi connectivity index (χ4n) is 8.07. The van der Waals surface area contributed by atoms with Gasteiger partial charge in [0.05, 0.1) is 21.3 Å². The maximum atomic E-state index is 5.53. The highest BCUT2D eigenvalue weighted by Crippen LogP contribution is 2.32. The van der Waals surface area contributed by atoms with Gasteiger partial charge in [-0.1, -0.05) is 152 Å². The lowest BCUT2D eigenvalue weighted by Crippen LogP contribution is -2.73. The third-order valence-corrected chi connectivity index (χ3v) is 16.2. The largest absolute Gasteiger partial charge is 0.299 e. The maximum Gasteiger partial charge on any atom is 0.226 e. The minimum absolute atomic E-state index is 0.627. The van der Waals surface area contributed by atoms with Crippen molar-refractivity contribution in [2.75, 3.05) is 0 Å². The lowest BCUT2D eigenvalue weighted by Gasteiger charge is -2.29. The number of hydrogen-bond acceptors (Lipinski definition) is 6. The van der Waals surface area contributed by atoms with E-state index in [1.54, 1.807) is 11.3 Å². The Morgan fingerprint density at radius 2 is 0.964 bits per heavy atom.